The summed E-state index contributed by atoms with van der Waals surface area (Å²) in [5.74, 6) is 2.90. The quantitative estimate of drug-likeness (QED) is 0.146. The van der Waals surface area contributed by atoms with Crippen molar-refractivity contribution >= 4 is 11.9 Å². The van der Waals surface area contributed by atoms with E-state index in [2.05, 4.69) is 41.5 Å². The monoisotopic (exact) mass is 480 g/mol. The molecule has 200 valence electrons. The van der Waals surface area contributed by atoms with E-state index in [9.17, 15) is 9.59 Å². The van der Waals surface area contributed by atoms with Crippen LogP contribution in [0.25, 0.3) is 0 Å². The van der Waals surface area contributed by atoms with Crippen LogP contribution in [0.2, 0.25) is 0 Å². The predicted molar refractivity (Wildman–Crippen MR) is 142 cm³/mol. The van der Waals surface area contributed by atoms with Gasteiger partial charge in [0.25, 0.3) is 0 Å². The topological polar surface area (TPSA) is 52.6 Å². The van der Waals surface area contributed by atoms with Gasteiger partial charge in [0, 0.05) is 0 Å². The molecule has 0 radical (unpaired) electrons. The Kier molecular flexibility index (Phi) is 16.6. The Balaban J connectivity index is 2.03. The van der Waals surface area contributed by atoms with Crippen molar-refractivity contribution in [2.75, 3.05) is 13.2 Å². The number of hydrogen-bond donors (Lipinski definition) is 0. The van der Waals surface area contributed by atoms with Crippen LogP contribution in [0.5, 0.6) is 0 Å². The minimum atomic E-state index is -0.0629. The molecule has 0 aromatic carbocycles. The molecule has 1 aliphatic rings. The van der Waals surface area contributed by atoms with Crippen LogP contribution in [0.4, 0.5) is 0 Å². The Morgan fingerprint density at radius 1 is 0.559 bits per heavy atom. The minimum Gasteiger partial charge on any atom is -0.465 e. The molecule has 1 rings (SSSR count). The van der Waals surface area contributed by atoms with Gasteiger partial charge < -0.3 is 9.47 Å². The number of rotatable bonds is 18. The van der Waals surface area contributed by atoms with Gasteiger partial charge in [0.1, 0.15) is 0 Å². The lowest BCUT2D eigenvalue weighted by Crippen LogP contribution is -2.28. The Hall–Kier alpha value is -1.06. The zero-order chi connectivity index (χ0) is 25.3. The van der Waals surface area contributed by atoms with E-state index in [4.69, 9.17) is 9.47 Å². The van der Waals surface area contributed by atoms with Crippen LogP contribution in [0, 0.1) is 35.5 Å². The summed E-state index contributed by atoms with van der Waals surface area (Å²) in [5.41, 5.74) is 0. The minimum absolute atomic E-state index is 0.0378. The second kappa shape index (κ2) is 18.2. The molecular weight excluding hydrogens is 424 g/mol. The fraction of sp³-hybridized carbons (Fsp3) is 0.933. The van der Waals surface area contributed by atoms with E-state index in [-0.39, 0.29) is 23.8 Å². The summed E-state index contributed by atoms with van der Waals surface area (Å²) < 4.78 is 11.1. The van der Waals surface area contributed by atoms with Crippen LogP contribution in [0.3, 0.4) is 0 Å². The van der Waals surface area contributed by atoms with Gasteiger partial charge >= 0.3 is 11.9 Å². The van der Waals surface area contributed by atoms with Gasteiger partial charge in [-0.1, -0.05) is 92.9 Å². The van der Waals surface area contributed by atoms with Crippen LogP contribution >= 0.6 is 0 Å². The molecule has 4 nitrogen and oxygen atoms in total. The second-order valence-electron chi connectivity index (χ2n) is 11.7. The average Bonchev–Trinajstić information content (AvgIpc) is 2.82. The first-order valence-electron chi connectivity index (χ1n) is 14.6. The van der Waals surface area contributed by atoms with E-state index >= 15 is 0 Å². The van der Waals surface area contributed by atoms with E-state index in [1.807, 2.05) is 0 Å². The molecular formula is C30H56O4. The molecule has 0 N–H and O–H groups in total. The highest BCUT2D eigenvalue weighted by atomic mass is 16.5. The maximum Gasteiger partial charge on any atom is 0.308 e. The Labute approximate surface area is 211 Å². The van der Waals surface area contributed by atoms with Gasteiger partial charge in [-0.2, -0.15) is 0 Å². The first-order valence-corrected chi connectivity index (χ1v) is 14.6. The van der Waals surface area contributed by atoms with Gasteiger partial charge in [0.05, 0.1) is 25.0 Å². The standard InChI is InChI=1S/C30H56O4/c1-23(2)25(5)15-11-7-9-13-21-33-29(31)27-17-19-28(20-18-27)30(32)34-22-14-10-8-12-16-26(6)24(3)4/h23-28H,7-22H2,1-6H3. The van der Waals surface area contributed by atoms with Crippen LogP contribution < -0.4 is 0 Å². The molecule has 0 aromatic heterocycles. The maximum absolute atomic E-state index is 12.4. The van der Waals surface area contributed by atoms with Crippen LogP contribution in [-0.2, 0) is 19.1 Å². The lowest BCUT2D eigenvalue weighted by atomic mass is 9.82. The van der Waals surface area contributed by atoms with Crippen molar-refractivity contribution in [2.24, 2.45) is 35.5 Å². The summed E-state index contributed by atoms with van der Waals surface area (Å²) in [5, 5.41) is 0. The number of ether oxygens (including phenoxy) is 2. The van der Waals surface area contributed by atoms with E-state index < -0.39 is 0 Å². The third-order valence-corrected chi connectivity index (χ3v) is 8.27. The van der Waals surface area contributed by atoms with Crippen molar-refractivity contribution in [1.29, 1.82) is 0 Å². The third kappa shape index (κ3) is 13.7. The van der Waals surface area contributed by atoms with E-state index in [0.717, 1.165) is 75.0 Å². The van der Waals surface area contributed by atoms with Gasteiger partial charge in [-0.3, -0.25) is 9.59 Å². The number of esters is 2. The summed E-state index contributed by atoms with van der Waals surface area (Å²) in [4.78, 5) is 24.7. The third-order valence-electron chi connectivity index (χ3n) is 8.27. The van der Waals surface area contributed by atoms with Crippen molar-refractivity contribution in [3.8, 4) is 0 Å². The number of unbranched alkanes of at least 4 members (excludes halogenated alkanes) is 6. The molecule has 0 saturated heterocycles. The molecule has 2 unspecified atom stereocenters. The van der Waals surface area contributed by atoms with Crippen LogP contribution in [0.15, 0.2) is 0 Å². The molecule has 0 heterocycles. The number of hydrogen-bond acceptors (Lipinski definition) is 4. The highest BCUT2D eigenvalue weighted by molar-refractivity contribution is 5.75. The fourth-order valence-electron chi connectivity index (χ4n) is 4.66. The van der Waals surface area contributed by atoms with Crippen LogP contribution in [0.1, 0.15) is 131 Å². The first-order chi connectivity index (χ1) is 16.2. The van der Waals surface area contributed by atoms with Crippen molar-refractivity contribution in [3.05, 3.63) is 0 Å². The molecule has 0 aromatic rings. The molecule has 0 aliphatic heterocycles. The Morgan fingerprint density at radius 2 is 0.882 bits per heavy atom. The molecule has 0 amide bonds. The summed E-state index contributed by atoms with van der Waals surface area (Å²) in [6.07, 6.45) is 14.7. The molecule has 1 fully saturated rings. The van der Waals surface area contributed by atoms with Gasteiger partial charge in [0.2, 0.25) is 0 Å². The molecule has 1 saturated carbocycles. The molecule has 2 atom stereocenters. The lowest BCUT2D eigenvalue weighted by molar-refractivity contribution is -0.155. The molecule has 0 bridgehead atoms. The summed E-state index contributed by atoms with van der Waals surface area (Å²) in [7, 11) is 0. The van der Waals surface area contributed by atoms with Crippen molar-refractivity contribution in [1.82, 2.24) is 0 Å². The van der Waals surface area contributed by atoms with E-state index in [0.29, 0.717) is 13.2 Å². The second-order valence-corrected chi connectivity index (χ2v) is 11.7. The molecule has 1 aliphatic carbocycles. The van der Waals surface area contributed by atoms with Crippen molar-refractivity contribution in [3.63, 3.8) is 0 Å². The number of carbonyl (C=O) groups is 2. The zero-order valence-corrected chi connectivity index (χ0v) is 23.4. The SMILES string of the molecule is CC(C)C(C)CCCCCCOC(=O)C1CCC(C(=O)OCCCCCCC(C)C(C)C)CC1. The van der Waals surface area contributed by atoms with Crippen molar-refractivity contribution < 1.29 is 19.1 Å². The van der Waals surface area contributed by atoms with Gasteiger partial charge in [0.15, 0.2) is 0 Å². The lowest BCUT2D eigenvalue weighted by Gasteiger charge is -2.26. The van der Waals surface area contributed by atoms with Gasteiger partial charge in [-0.15, -0.1) is 0 Å². The highest BCUT2D eigenvalue weighted by Crippen LogP contribution is 2.30. The van der Waals surface area contributed by atoms with E-state index in [1.54, 1.807) is 0 Å². The fourth-order valence-corrected chi connectivity index (χ4v) is 4.66. The first kappa shape index (κ1) is 31.0. The average molecular weight is 481 g/mol. The smallest absolute Gasteiger partial charge is 0.308 e. The Morgan fingerprint density at radius 3 is 1.21 bits per heavy atom. The predicted octanol–water partition coefficient (Wildman–Crippen LogP) is 8.36. The van der Waals surface area contributed by atoms with Crippen LogP contribution in [-0.4, -0.2) is 25.2 Å². The van der Waals surface area contributed by atoms with Gasteiger partial charge in [-0.05, 0) is 62.2 Å². The summed E-state index contributed by atoms with van der Waals surface area (Å²) >= 11 is 0. The summed E-state index contributed by atoms with van der Waals surface area (Å²) in [6, 6.07) is 0. The van der Waals surface area contributed by atoms with E-state index in [1.165, 1.54) is 38.5 Å². The Bertz CT molecular complexity index is 486. The number of carbonyl (C=O) groups excluding carboxylic acids is 2. The largest absolute Gasteiger partial charge is 0.465 e. The normalized spacial score (nSPS) is 20.4. The molecule has 34 heavy (non-hydrogen) atoms. The highest BCUT2D eigenvalue weighted by Gasteiger charge is 2.31. The maximum atomic E-state index is 12.4. The summed E-state index contributed by atoms with van der Waals surface area (Å²) in [6.45, 7) is 14.9. The van der Waals surface area contributed by atoms with Crippen molar-refractivity contribution in [2.45, 2.75) is 131 Å². The molecule has 4 heteroatoms. The zero-order valence-electron chi connectivity index (χ0n) is 23.4. The molecule has 0 spiro atoms. The van der Waals surface area contributed by atoms with Gasteiger partial charge in [-0.25, -0.2) is 0 Å².